The van der Waals surface area contributed by atoms with Crippen LogP contribution in [0.3, 0.4) is 0 Å². The van der Waals surface area contributed by atoms with E-state index in [0.717, 1.165) is 17.2 Å². The molecule has 3 rings (SSSR count). The zero-order chi connectivity index (χ0) is 14.1. The summed E-state index contributed by atoms with van der Waals surface area (Å²) >= 11 is 0. The van der Waals surface area contributed by atoms with E-state index in [0.29, 0.717) is 5.82 Å². The summed E-state index contributed by atoms with van der Waals surface area (Å²) < 4.78 is 15.0. The van der Waals surface area contributed by atoms with Crippen molar-refractivity contribution in [2.45, 2.75) is 6.42 Å². The number of ketones is 1. The van der Waals surface area contributed by atoms with Crippen LogP contribution in [0.4, 0.5) is 4.39 Å². The molecule has 0 aliphatic rings. The molecule has 0 N–H and O–H groups in total. The van der Waals surface area contributed by atoms with Crippen LogP contribution in [0.2, 0.25) is 0 Å². The van der Waals surface area contributed by atoms with Gasteiger partial charge in [-0.15, -0.1) is 0 Å². The van der Waals surface area contributed by atoms with Gasteiger partial charge in [-0.3, -0.25) is 9.78 Å². The Hall–Kier alpha value is -2.56. The van der Waals surface area contributed by atoms with E-state index in [4.69, 9.17) is 0 Å². The molecule has 4 nitrogen and oxygen atoms in total. The third-order valence-electron chi connectivity index (χ3n) is 3.23. The molecule has 100 valence electrons. The highest BCUT2D eigenvalue weighted by molar-refractivity contribution is 5.97. The molecule has 0 saturated carbocycles. The summed E-state index contributed by atoms with van der Waals surface area (Å²) in [5.74, 6) is -0.0586. The van der Waals surface area contributed by atoms with Crippen LogP contribution in [-0.4, -0.2) is 20.3 Å². The molecule has 20 heavy (non-hydrogen) atoms. The van der Waals surface area contributed by atoms with E-state index in [9.17, 15) is 9.18 Å². The van der Waals surface area contributed by atoms with Crippen molar-refractivity contribution in [2.24, 2.45) is 7.05 Å². The molecule has 0 atom stereocenters. The summed E-state index contributed by atoms with van der Waals surface area (Å²) in [6.45, 7) is 0. The number of halogens is 1. The first-order chi connectivity index (χ1) is 9.65. The van der Waals surface area contributed by atoms with Crippen LogP contribution >= 0.6 is 0 Å². The number of carbonyl (C=O) groups excluding carboxylic acids is 1. The maximum Gasteiger partial charge on any atom is 0.172 e. The van der Waals surface area contributed by atoms with Gasteiger partial charge in [0.2, 0.25) is 0 Å². The quantitative estimate of drug-likeness (QED) is 0.686. The Kier molecular flexibility index (Phi) is 3.02. The summed E-state index contributed by atoms with van der Waals surface area (Å²) in [5.41, 5.74) is 2.07. The Morgan fingerprint density at radius 3 is 2.85 bits per heavy atom. The molecule has 0 saturated heterocycles. The lowest BCUT2D eigenvalue weighted by Gasteiger charge is -2.02. The molecular formula is C15H12FN3O. The van der Waals surface area contributed by atoms with E-state index in [1.807, 2.05) is 35.9 Å². The van der Waals surface area contributed by atoms with Crippen molar-refractivity contribution < 1.29 is 9.18 Å². The molecule has 2 heterocycles. The third-order valence-corrected chi connectivity index (χ3v) is 3.23. The highest BCUT2D eigenvalue weighted by Crippen LogP contribution is 2.16. The Labute approximate surface area is 114 Å². The first-order valence-corrected chi connectivity index (χ1v) is 6.19. The molecule has 0 unspecified atom stereocenters. The summed E-state index contributed by atoms with van der Waals surface area (Å²) in [7, 11) is 1.86. The van der Waals surface area contributed by atoms with E-state index in [2.05, 4.69) is 9.97 Å². The predicted molar refractivity (Wildman–Crippen MR) is 72.9 cm³/mol. The van der Waals surface area contributed by atoms with Gasteiger partial charge in [-0.05, 0) is 18.2 Å². The minimum Gasteiger partial charge on any atom is -0.331 e. The molecule has 3 aromatic rings. The van der Waals surface area contributed by atoms with Crippen molar-refractivity contribution in [3.8, 4) is 0 Å². The third kappa shape index (κ3) is 2.18. The number of aromatic nitrogens is 3. The topological polar surface area (TPSA) is 47.8 Å². The number of carbonyl (C=O) groups is 1. The van der Waals surface area contributed by atoms with Gasteiger partial charge in [0.15, 0.2) is 5.78 Å². The fraction of sp³-hybridized carbons (Fsp3) is 0.133. The van der Waals surface area contributed by atoms with Gasteiger partial charge in [0.25, 0.3) is 0 Å². The second-order valence-corrected chi connectivity index (χ2v) is 4.57. The van der Waals surface area contributed by atoms with Crippen LogP contribution < -0.4 is 0 Å². The molecule has 0 aliphatic carbocycles. The number of hydrogen-bond acceptors (Lipinski definition) is 3. The zero-order valence-electron chi connectivity index (χ0n) is 10.9. The summed E-state index contributed by atoms with van der Waals surface area (Å²) in [6, 6.07) is 8.86. The number of Topliss-reactive ketones (excluding diaryl/α,β-unsaturated/α-hetero) is 1. The number of pyridine rings is 1. The SMILES string of the molecule is Cn1c(CC(=O)c2cncc(F)c2)nc2ccccc21. The molecule has 0 spiro atoms. The number of benzene rings is 1. The smallest absolute Gasteiger partial charge is 0.172 e. The maximum atomic E-state index is 13.1. The normalized spacial score (nSPS) is 10.9. The molecule has 0 bridgehead atoms. The van der Waals surface area contributed by atoms with Crippen molar-refractivity contribution >= 4 is 16.8 Å². The molecule has 0 amide bonds. The van der Waals surface area contributed by atoms with Gasteiger partial charge in [0, 0.05) is 18.8 Å². The summed E-state index contributed by atoms with van der Waals surface area (Å²) in [6.07, 6.45) is 2.57. The van der Waals surface area contributed by atoms with Crippen LogP contribution in [0.1, 0.15) is 16.2 Å². The van der Waals surface area contributed by atoms with E-state index < -0.39 is 5.82 Å². The van der Waals surface area contributed by atoms with Gasteiger partial charge in [-0.1, -0.05) is 12.1 Å². The van der Waals surface area contributed by atoms with Crippen LogP contribution in [0.25, 0.3) is 11.0 Å². The Morgan fingerprint density at radius 1 is 1.30 bits per heavy atom. The molecular weight excluding hydrogens is 257 g/mol. The highest BCUT2D eigenvalue weighted by atomic mass is 19.1. The van der Waals surface area contributed by atoms with Gasteiger partial charge in [-0.2, -0.15) is 0 Å². The van der Waals surface area contributed by atoms with Gasteiger partial charge in [0.05, 0.1) is 23.7 Å². The maximum absolute atomic E-state index is 13.1. The monoisotopic (exact) mass is 269 g/mol. The second kappa shape index (κ2) is 4.85. The van der Waals surface area contributed by atoms with Crippen LogP contribution in [0.15, 0.2) is 42.7 Å². The largest absolute Gasteiger partial charge is 0.331 e. The number of fused-ring (bicyclic) bond motifs is 1. The Morgan fingerprint density at radius 2 is 2.10 bits per heavy atom. The van der Waals surface area contributed by atoms with E-state index in [-0.39, 0.29) is 17.8 Å². The standard InChI is InChI=1S/C15H12FN3O/c1-19-13-5-3-2-4-12(13)18-15(19)7-14(20)10-6-11(16)9-17-8-10/h2-6,8-9H,7H2,1H3. The lowest BCUT2D eigenvalue weighted by atomic mass is 10.1. The highest BCUT2D eigenvalue weighted by Gasteiger charge is 2.14. The lowest BCUT2D eigenvalue weighted by Crippen LogP contribution is -2.09. The Balaban J connectivity index is 1.93. The van der Waals surface area contributed by atoms with Crippen LogP contribution in [0.5, 0.6) is 0 Å². The first kappa shape index (κ1) is 12.5. The van der Waals surface area contributed by atoms with Gasteiger partial charge >= 0.3 is 0 Å². The average Bonchev–Trinajstić information content (AvgIpc) is 2.76. The van der Waals surface area contributed by atoms with Gasteiger partial charge in [0.1, 0.15) is 11.6 Å². The summed E-state index contributed by atoms with van der Waals surface area (Å²) in [4.78, 5) is 20.3. The molecule has 5 heteroatoms. The number of nitrogens with zero attached hydrogens (tertiary/aromatic N) is 3. The van der Waals surface area contributed by atoms with E-state index in [1.54, 1.807) is 0 Å². The van der Waals surface area contributed by atoms with Crippen molar-refractivity contribution in [1.29, 1.82) is 0 Å². The molecule has 1 aromatic carbocycles. The number of para-hydroxylation sites is 2. The lowest BCUT2D eigenvalue weighted by molar-refractivity contribution is 0.0989. The molecule has 0 radical (unpaired) electrons. The van der Waals surface area contributed by atoms with Crippen LogP contribution in [0, 0.1) is 5.82 Å². The average molecular weight is 269 g/mol. The Bertz CT molecular complexity index is 795. The fourth-order valence-electron chi connectivity index (χ4n) is 2.16. The predicted octanol–water partition coefficient (Wildman–Crippen LogP) is 2.53. The summed E-state index contributed by atoms with van der Waals surface area (Å²) in [5, 5.41) is 0. The fourth-order valence-corrected chi connectivity index (χ4v) is 2.16. The zero-order valence-corrected chi connectivity index (χ0v) is 10.9. The minimum atomic E-state index is -0.513. The van der Waals surface area contributed by atoms with Crippen molar-refractivity contribution in [2.75, 3.05) is 0 Å². The first-order valence-electron chi connectivity index (χ1n) is 6.19. The van der Waals surface area contributed by atoms with Crippen LogP contribution in [-0.2, 0) is 13.5 Å². The number of rotatable bonds is 3. The molecule has 0 fully saturated rings. The molecule has 0 aliphatic heterocycles. The van der Waals surface area contributed by atoms with E-state index in [1.165, 1.54) is 12.3 Å². The van der Waals surface area contributed by atoms with Crippen molar-refractivity contribution in [3.63, 3.8) is 0 Å². The second-order valence-electron chi connectivity index (χ2n) is 4.57. The van der Waals surface area contributed by atoms with E-state index >= 15 is 0 Å². The number of hydrogen-bond donors (Lipinski definition) is 0. The number of aryl methyl sites for hydroxylation is 1. The van der Waals surface area contributed by atoms with Gasteiger partial charge < -0.3 is 4.57 Å². The van der Waals surface area contributed by atoms with Crippen molar-refractivity contribution in [3.05, 3.63) is 59.9 Å². The van der Waals surface area contributed by atoms with Gasteiger partial charge in [-0.25, -0.2) is 9.37 Å². The minimum absolute atomic E-state index is 0.121. The van der Waals surface area contributed by atoms with Crippen molar-refractivity contribution in [1.82, 2.24) is 14.5 Å². The number of imidazole rings is 1. The molecule has 2 aromatic heterocycles.